The number of hydrogen-bond acceptors (Lipinski definition) is 3. The van der Waals surface area contributed by atoms with E-state index in [1.165, 1.54) is 5.56 Å². The third-order valence-corrected chi connectivity index (χ3v) is 5.83. The Labute approximate surface area is 169 Å². The standard InChI is InChI=1S/C23H24N2O4/c1-15-2-4-16(5-3-15)12-25-14-20(11-21(25)26)22(27)24-9-8-17-6-7-18(23(28)29)10-19(17)13-24/h2-7,10,20H,8-9,11-14H2,1H3,(H,28,29). The molecule has 2 aromatic rings. The minimum Gasteiger partial charge on any atom is -0.478 e. The number of rotatable bonds is 4. The van der Waals surface area contributed by atoms with Crippen molar-refractivity contribution < 1.29 is 19.5 Å². The number of carboxylic acids is 1. The van der Waals surface area contributed by atoms with Crippen molar-refractivity contribution in [2.24, 2.45) is 5.92 Å². The number of likely N-dealkylation sites (tertiary alicyclic amines) is 1. The first kappa shape index (κ1) is 19.2. The van der Waals surface area contributed by atoms with Gasteiger partial charge in [0.25, 0.3) is 0 Å². The van der Waals surface area contributed by atoms with Crippen LogP contribution in [0.1, 0.15) is 39.0 Å². The topological polar surface area (TPSA) is 77.9 Å². The summed E-state index contributed by atoms with van der Waals surface area (Å²) in [4.78, 5) is 40.3. The highest BCUT2D eigenvalue weighted by molar-refractivity contribution is 5.90. The van der Waals surface area contributed by atoms with Crippen LogP contribution in [0.2, 0.25) is 0 Å². The smallest absolute Gasteiger partial charge is 0.335 e. The van der Waals surface area contributed by atoms with E-state index in [9.17, 15) is 19.5 Å². The molecule has 0 aliphatic carbocycles. The van der Waals surface area contributed by atoms with Crippen molar-refractivity contribution in [3.05, 3.63) is 70.3 Å². The van der Waals surface area contributed by atoms with Crippen LogP contribution in [0.5, 0.6) is 0 Å². The molecule has 29 heavy (non-hydrogen) atoms. The fourth-order valence-electron chi connectivity index (χ4n) is 4.14. The van der Waals surface area contributed by atoms with E-state index in [-0.39, 0.29) is 29.7 Å². The number of carbonyl (C=O) groups excluding carboxylic acids is 2. The van der Waals surface area contributed by atoms with E-state index < -0.39 is 5.97 Å². The van der Waals surface area contributed by atoms with Crippen molar-refractivity contribution in [2.45, 2.75) is 32.9 Å². The SMILES string of the molecule is Cc1ccc(CN2CC(C(=O)N3CCc4ccc(C(=O)O)cc4C3)CC2=O)cc1. The van der Waals surface area contributed by atoms with E-state index in [1.54, 1.807) is 21.9 Å². The third-order valence-electron chi connectivity index (χ3n) is 5.83. The van der Waals surface area contributed by atoms with Crippen LogP contribution in [0.3, 0.4) is 0 Å². The van der Waals surface area contributed by atoms with Gasteiger partial charge in [-0.15, -0.1) is 0 Å². The van der Waals surface area contributed by atoms with E-state index in [2.05, 4.69) is 0 Å². The first-order chi connectivity index (χ1) is 13.9. The molecule has 0 aromatic heterocycles. The maximum atomic E-state index is 13.0. The number of carboxylic acid groups (broad SMARTS) is 1. The second-order valence-electron chi connectivity index (χ2n) is 7.96. The monoisotopic (exact) mass is 392 g/mol. The van der Waals surface area contributed by atoms with Crippen molar-refractivity contribution in [1.82, 2.24) is 9.80 Å². The molecule has 1 fully saturated rings. The molecule has 150 valence electrons. The highest BCUT2D eigenvalue weighted by Crippen LogP contribution is 2.26. The molecule has 1 saturated heterocycles. The Balaban J connectivity index is 1.42. The van der Waals surface area contributed by atoms with Crippen molar-refractivity contribution in [1.29, 1.82) is 0 Å². The molecule has 2 heterocycles. The summed E-state index contributed by atoms with van der Waals surface area (Å²) in [6.45, 7) is 3.98. The Morgan fingerprint density at radius 3 is 2.59 bits per heavy atom. The van der Waals surface area contributed by atoms with Gasteiger partial charge in [-0.2, -0.15) is 0 Å². The van der Waals surface area contributed by atoms with Gasteiger partial charge in [0.15, 0.2) is 0 Å². The molecule has 0 saturated carbocycles. The van der Waals surface area contributed by atoms with Gasteiger partial charge in [0.1, 0.15) is 0 Å². The molecule has 0 bridgehead atoms. The highest BCUT2D eigenvalue weighted by Gasteiger charge is 2.37. The zero-order chi connectivity index (χ0) is 20.5. The van der Waals surface area contributed by atoms with Crippen LogP contribution in [-0.4, -0.2) is 45.8 Å². The largest absolute Gasteiger partial charge is 0.478 e. The fourth-order valence-corrected chi connectivity index (χ4v) is 4.14. The minimum absolute atomic E-state index is 0.00879. The number of carbonyl (C=O) groups is 3. The van der Waals surface area contributed by atoms with Crippen molar-refractivity contribution in [3.63, 3.8) is 0 Å². The molecule has 1 unspecified atom stereocenters. The number of fused-ring (bicyclic) bond motifs is 1. The van der Waals surface area contributed by atoms with Crippen molar-refractivity contribution >= 4 is 17.8 Å². The quantitative estimate of drug-likeness (QED) is 0.868. The zero-order valence-corrected chi connectivity index (χ0v) is 16.4. The molecule has 2 aromatic carbocycles. The summed E-state index contributed by atoms with van der Waals surface area (Å²) >= 11 is 0. The van der Waals surface area contributed by atoms with Gasteiger partial charge in [-0.1, -0.05) is 35.9 Å². The Morgan fingerprint density at radius 1 is 1.10 bits per heavy atom. The van der Waals surface area contributed by atoms with Crippen LogP contribution >= 0.6 is 0 Å². The van der Waals surface area contributed by atoms with Crippen LogP contribution in [0.4, 0.5) is 0 Å². The normalized spacial score (nSPS) is 18.7. The van der Waals surface area contributed by atoms with Gasteiger partial charge in [-0.25, -0.2) is 4.79 Å². The van der Waals surface area contributed by atoms with Crippen LogP contribution < -0.4 is 0 Å². The molecule has 2 aliphatic heterocycles. The second-order valence-corrected chi connectivity index (χ2v) is 7.96. The van der Waals surface area contributed by atoms with Gasteiger partial charge in [0.05, 0.1) is 11.5 Å². The molecule has 4 rings (SSSR count). The van der Waals surface area contributed by atoms with Gasteiger partial charge in [0.2, 0.25) is 11.8 Å². The molecule has 6 heteroatoms. The lowest BCUT2D eigenvalue weighted by atomic mass is 9.96. The average Bonchev–Trinajstić information content (AvgIpc) is 3.08. The molecule has 1 N–H and O–H groups in total. The zero-order valence-electron chi connectivity index (χ0n) is 16.4. The van der Waals surface area contributed by atoms with E-state index in [4.69, 9.17) is 0 Å². The van der Waals surface area contributed by atoms with Crippen LogP contribution in [0.15, 0.2) is 42.5 Å². The maximum absolute atomic E-state index is 13.0. The number of hydrogen-bond donors (Lipinski definition) is 1. The summed E-state index contributed by atoms with van der Waals surface area (Å²) < 4.78 is 0. The summed E-state index contributed by atoms with van der Waals surface area (Å²) in [7, 11) is 0. The lowest BCUT2D eigenvalue weighted by molar-refractivity contribution is -0.136. The van der Waals surface area contributed by atoms with Crippen LogP contribution in [0, 0.1) is 12.8 Å². The predicted octanol–water partition coefficient (Wildman–Crippen LogP) is 2.63. The molecular formula is C23H24N2O4. The van der Waals surface area contributed by atoms with Crippen molar-refractivity contribution in [3.8, 4) is 0 Å². The second kappa shape index (κ2) is 7.70. The Morgan fingerprint density at radius 2 is 1.86 bits per heavy atom. The average molecular weight is 392 g/mol. The van der Waals surface area contributed by atoms with E-state index in [1.807, 2.05) is 37.3 Å². The molecule has 0 spiro atoms. The van der Waals surface area contributed by atoms with Crippen LogP contribution in [0.25, 0.3) is 0 Å². The number of nitrogens with zero attached hydrogens (tertiary/aromatic N) is 2. The van der Waals surface area contributed by atoms with Gasteiger partial charge < -0.3 is 14.9 Å². The molecule has 2 aliphatic rings. The van der Waals surface area contributed by atoms with Gasteiger partial charge in [0, 0.05) is 32.6 Å². The lowest BCUT2D eigenvalue weighted by Gasteiger charge is -2.31. The van der Waals surface area contributed by atoms with E-state index >= 15 is 0 Å². The summed E-state index contributed by atoms with van der Waals surface area (Å²) in [5.74, 6) is -1.31. The van der Waals surface area contributed by atoms with Gasteiger partial charge >= 0.3 is 5.97 Å². The number of aromatic carboxylic acids is 1. The van der Waals surface area contributed by atoms with Crippen LogP contribution in [-0.2, 0) is 29.1 Å². The van der Waals surface area contributed by atoms with E-state index in [0.717, 1.165) is 16.7 Å². The molecule has 2 amide bonds. The van der Waals surface area contributed by atoms with Crippen molar-refractivity contribution in [2.75, 3.05) is 13.1 Å². The molecule has 1 atom stereocenters. The summed E-state index contributed by atoms with van der Waals surface area (Å²) in [6, 6.07) is 13.2. The molecule has 6 nitrogen and oxygen atoms in total. The summed E-state index contributed by atoms with van der Waals surface area (Å²) in [5.41, 5.74) is 4.43. The number of aryl methyl sites for hydroxylation is 1. The third kappa shape index (κ3) is 4.01. The maximum Gasteiger partial charge on any atom is 0.335 e. The molecular weight excluding hydrogens is 368 g/mol. The summed E-state index contributed by atoms with van der Waals surface area (Å²) in [5, 5.41) is 9.21. The minimum atomic E-state index is -0.968. The Kier molecular flexibility index (Phi) is 5.09. The lowest BCUT2D eigenvalue weighted by Crippen LogP contribution is -2.40. The summed E-state index contributed by atoms with van der Waals surface area (Å²) in [6.07, 6.45) is 0.942. The number of amides is 2. The Hall–Kier alpha value is -3.15. The first-order valence-corrected chi connectivity index (χ1v) is 9.88. The molecule has 0 radical (unpaired) electrons. The van der Waals surface area contributed by atoms with Gasteiger partial charge in [-0.05, 0) is 42.2 Å². The Bertz CT molecular complexity index is 967. The predicted molar refractivity (Wildman–Crippen MR) is 107 cm³/mol. The first-order valence-electron chi connectivity index (χ1n) is 9.88. The van der Waals surface area contributed by atoms with E-state index in [0.29, 0.717) is 32.6 Å². The fraction of sp³-hybridized carbons (Fsp3) is 0.348. The number of benzene rings is 2. The highest BCUT2D eigenvalue weighted by atomic mass is 16.4. The van der Waals surface area contributed by atoms with Gasteiger partial charge in [-0.3, -0.25) is 9.59 Å².